The molecule has 2 aliphatic carbocycles. The lowest BCUT2D eigenvalue weighted by Gasteiger charge is -2.35. The Morgan fingerprint density at radius 2 is 1.98 bits per heavy atom. The second kappa shape index (κ2) is 10.9. The molecule has 10 nitrogen and oxygen atoms in total. The highest BCUT2D eigenvalue weighted by molar-refractivity contribution is 5.89. The number of alkyl carbamates (subject to hydrolysis) is 1. The van der Waals surface area contributed by atoms with E-state index in [4.69, 9.17) is 24.2 Å². The highest BCUT2D eigenvalue weighted by Gasteiger charge is 2.55. The van der Waals surface area contributed by atoms with E-state index in [0.29, 0.717) is 35.4 Å². The van der Waals surface area contributed by atoms with Gasteiger partial charge in [-0.15, -0.1) is 0 Å². The molecule has 2 amide bonds. The van der Waals surface area contributed by atoms with Crippen molar-refractivity contribution < 1.29 is 28.6 Å². The number of nitrogens with one attached hydrogen (secondary N) is 1. The van der Waals surface area contributed by atoms with Crippen molar-refractivity contribution in [2.75, 3.05) is 13.7 Å². The van der Waals surface area contributed by atoms with E-state index in [1.54, 1.807) is 12.0 Å². The summed E-state index contributed by atoms with van der Waals surface area (Å²) in [5.41, 5.74) is 1.17. The van der Waals surface area contributed by atoms with Crippen LogP contribution < -0.4 is 14.8 Å². The molecule has 4 aliphatic rings. The summed E-state index contributed by atoms with van der Waals surface area (Å²) in [6, 6.07) is 4.09. The molecule has 10 heteroatoms. The molecule has 232 valence electrons. The number of ether oxygens (including phenoxy) is 3. The van der Waals surface area contributed by atoms with E-state index in [2.05, 4.69) is 5.32 Å². The molecule has 8 atom stereocenters. The van der Waals surface area contributed by atoms with Gasteiger partial charge in [-0.2, -0.15) is 0 Å². The van der Waals surface area contributed by atoms with Crippen molar-refractivity contribution in [3.05, 3.63) is 23.9 Å². The number of aldehydes is 1. The fourth-order valence-corrected chi connectivity index (χ4v) is 7.24. The molecule has 2 aliphatic heterocycles. The van der Waals surface area contributed by atoms with E-state index in [9.17, 15) is 14.4 Å². The summed E-state index contributed by atoms with van der Waals surface area (Å²) in [6.45, 7) is 9.88. The van der Waals surface area contributed by atoms with E-state index < -0.39 is 35.3 Å². The van der Waals surface area contributed by atoms with Crippen LogP contribution in [0.1, 0.15) is 84.8 Å². The van der Waals surface area contributed by atoms with E-state index in [1.165, 1.54) is 0 Å². The average molecular weight is 593 g/mol. The van der Waals surface area contributed by atoms with Crippen LogP contribution in [0.5, 0.6) is 11.6 Å². The number of benzene rings is 1. The minimum atomic E-state index is -0.880. The van der Waals surface area contributed by atoms with Gasteiger partial charge in [-0.25, -0.2) is 14.8 Å². The molecule has 43 heavy (non-hydrogen) atoms. The molecule has 0 radical (unpaired) electrons. The molecule has 1 N–H and O–H groups in total. The topological polar surface area (TPSA) is 120 Å². The Morgan fingerprint density at radius 1 is 1.19 bits per heavy atom. The molecule has 0 spiro atoms. The van der Waals surface area contributed by atoms with Crippen molar-refractivity contribution >= 4 is 29.3 Å². The summed E-state index contributed by atoms with van der Waals surface area (Å²) in [4.78, 5) is 51.4. The van der Waals surface area contributed by atoms with Crippen LogP contribution in [0.15, 0.2) is 18.2 Å². The second-order valence-electron chi connectivity index (χ2n) is 14.2. The number of carbonyl (C=O) groups is 3. The molecular formula is C33H44N4O6. The number of fused-ring (bicyclic) bond motifs is 7. The van der Waals surface area contributed by atoms with Crippen molar-refractivity contribution in [3.63, 3.8) is 0 Å². The summed E-state index contributed by atoms with van der Waals surface area (Å²) < 4.78 is 18.0. The van der Waals surface area contributed by atoms with Gasteiger partial charge in [-0.1, -0.05) is 34.1 Å². The van der Waals surface area contributed by atoms with Gasteiger partial charge in [0.15, 0.2) is 0 Å². The first kappa shape index (κ1) is 29.6. The molecule has 2 bridgehead atoms. The maximum atomic E-state index is 14.1. The first-order chi connectivity index (χ1) is 20.5. The summed E-state index contributed by atoms with van der Waals surface area (Å²) in [6.07, 6.45) is 5.34. The van der Waals surface area contributed by atoms with Crippen LogP contribution in [0.25, 0.3) is 11.0 Å². The largest absolute Gasteiger partial charge is 0.497 e. The lowest BCUT2D eigenvalue weighted by Crippen LogP contribution is -2.56. The van der Waals surface area contributed by atoms with Crippen molar-refractivity contribution in [2.45, 2.75) is 103 Å². The molecule has 1 saturated heterocycles. The molecule has 3 fully saturated rings. The predicted octanol–water partition coefficient (Wildman–Crippen LogP) is 5.03. The minimum absolute atomic E-state index is 0.204. The molecule has 2 aromatic rings. The third-order valence-corrected chi connectivity index (χ3v) is 10.1. The quantitative estimate of drug-likeness (QED) is 0.493. The highest BCUT2D eigenvalue weighted by atomic mass is 16.6. The van der Waals surface area contributed by atoms with Gasteiger partial charge in [0, 0.05) is 23.8 Å². The van der Waals surface area contributed by atoms with Crippen molar-refractivity contribution in [3.8, 4) is 11.6 Å². The Balaban J connectivity index is 1.39. The van der Waals surface area contributed by atoms with Crippen LogP contribution in [0.2, 0.25) is 0 Å². The third kappa shape index (κ3) is 5.65. The molecule has 1 aromatic heterocycles. The zero-order chi connectivity index (χ0) is 30.7. The van der Waals surface area contributed by atoms with Gasteiger partial charge in [0.2, 0.25) is 11.8 Å². The molecular weight excluding hydrogens is 548 g/mol. The van der Waals surface area contributed by atoms with Gasteiger partial charge >= 0.3 is 6.09 Å². The minimum Gasteiger partial charge on any atom is -0.497 e. The van der Waals surface area contributed by atoms with Gasteiger partial charge in [-0.3, -0.25) is 4.79 Å². The number of carbonyl (C=O) groups excluding carboxylic acids is 3. The first-order valence-electron chi connectivity index (χ1n) is 15.7. The van der Waals surface area contributed by atoms with Crippen molar-refractivity contribution in [1.29, 1.82) is 0 Å². The fraction of sp³-hybridized carbons (Fsp3) is 0.667. The Labute approximate surface area is 253 Å². The first-order valence-corrected chi connectivity index (χ1v) is 15.7. The maximum Gasteiger partial charge on any atom is 0.408 e. The molecule has 2 unspecified atom stereocenters. The number of amides is 2. The molecule has 6 rings (SSSR count). The van der Waals surface area contributed by atoms with Crippen LogP contribution in [-0.2, 0) is 14.3 Å². The predicted molar refractivity (Wildman–Crippen MR) is 160 cm³/mol. The Bertz CT molecular complexity index is 1420. The SMILES string of the molecule is CC[C@@H]1[C@@H]2CN(C(=O)[C@H](C(C)(C)C)NC(=O)O[C@]3(C)C[C@H]3CCCC3CC3c3nc4ccc(OC)cc4nc3O2)[C@@H]1C=O. The molecule has 3 heterocycles. The normalized spacial score (nSPS) is 34.4. The zero-order valence-corrected chi connectivity index (χ0v) is 26.1. The van der Waals surface area contributed by atoms with Gasteiger partial charge in [0.05, 0.1) is 30.7 Å². The van der Waals surface area contributed by atoms with Gasteiger partial charge in [0.1, 0.15) is 35.5 Å². The van der Waals surface area contributed by atoms with Gasteiger partial charge in [0.25, 0.3) is 0 Å². The van der Waals surface area contributed by atoms with E-state index in [-0.39, 0.29) is 24.3 Å². The van der Waals surface area contributed by atoms with E-state index >= 15 is 0 Å². The number of methoxy groups -OCH3 is 1. The third-order valence-electron chi connectivity index (χ3n) is 10.1. The van der Waals surface area contributed by atoms with Crippen LogP contribution in [0.3, 0.4) is 0 Å². The molecule has 1 aromatic carbocycles. The number of hydrogen-bond acceptors (Lipinski definition) is 8. The smallest absolute Gasteiger partial charge is 0.408 e. The standard InChI is InChI=1S/C33H44N4O6/c1-7-21-25(17-38)37-16-26(21)42-29-27(34-23-12-11-20(41-6)14-24(23)35-29)22-13-18(22)9-8-10-19-15-33(19,5)43-31(40)36-28(30(37)39)32(2,3)4/h11-12,14,17-19,21-22,25-26,28H,7-10,13,15-16H2,1-6H3,(H,36,40)/t18?,19-,21+,22?,25-,26+,28-,33-/m1/s1. The van der Waals surface area contributed by atoms with Gasteiger partial charge < -0.3 is 29.2 Å². The highest BCUT2D eigenvalue weighted by Crippen LogP contribution is 2.54. The molecule has 2 saturated carbocycles. The second-order valence-corrected chi connectivity index (χ2v) is 14.2. The fourth-order valence-electron chi connectivity index (χ4n) is 7.24. The van der Waals surface area contributed by atoms with Crippen LogP contribution >= 0.6 is 0 Å². The summed E-state index contributed by atoms with van der Waals surface area (Å²) >= 11 is 0. The Kier molecular flexibility index (Phi) is 7.53. The number of aromatic nitrogens is 2. The van der Waals surface area contributed by atoms with Crippen LogP contribution in [0, 0.1) is 23.2 Å². The van der Waals surface area contributed by atoms with Crippen LogP contribution in [-0.4, -0.2) is 70.6 Å². The lowest BCUT2D eigenvalue weighted by atomic mass is 9.85. The van der Waals surface area contributed by atoms with E-state index in [0.717, 1.165) is 49.6 Å². The number of rotatable bonds is 3. The lowest BCUT2D eigenvalue weighted by molar-refractivity contribution is -0.139. The van der Waals surface area contributed by atoms with Crippen LogP contribution in [0.4, 0.5) is 4.79 Å². The summed E-state index contributed by atoms with van der Waals surface area (Å²) in [5.74, 6) is 1.63. The Hall–Kier alpha value is -3.43. The summed E-state index contributed by atoms with van der Waals surface area (Å²) in [7, 11) is 1.62. The monoisotopic (exact) mass is 592 g/mol. The maximum absolute atomic E-state index is 14.1. The van der Waals surface area contributed by atoms with E-state index in [1.807, 2.05) is 52.8 Å². The Morgan fingerprint density at radius 3 is 2.67 bits per heavy atom. The number of hydrogen-bond donors (Lipinski definition) is 1. The zero-order valence-electron chi connectivity index (χ0n) is 26.1. The van der Waals surface area contributed by atoms with Crippen molar-refractivity contribution in [1.82, 2.24) is 20.2 Å². The van der Waals surface area contributed by atoms with Gasteiger partial charge in [-0.05, 0) is 62.5 Å². The average Bonchev–Trinajstić information content (AvgIpc) is 3.83. The van der Waals surface area contributed by atoms with Crippen molar-refractivity contribution in [2.24, 2.45) is 23.2 Å². The summed E-state index contributed by atoms with van der Waals surface area (Å²) in [5, 5.41) is 2.87. The number of nitrogens with zero attached hydrogens (tertiary/aromatic N) is 3.